The smallest absolute Gasteiger partial charge is 0.120 e. The fourth-order valence-corrected chi connectivity index (χ4v) is 2.82. The lowest BCUT2D eigenvalue weighted by Crippen LogP contribution is -2.40. The van der Waals surface area contributed by atoms with Crippen molar-refractivity contribution < 1.29 is 9.84 Å². The number of methoxy groups -OCH3 is 1. The number of nitrogens with one attached hydrogen (secondary N) is 1. The van der Waals surface area contributed by atoms with E-state index in [1.807, 2.05) is 6.07 Å². The summed E-state index contributed by atoms with van der Waals surface area (Å²) < 4.78 is 5.22. The molecule has 0 amide bonds. The van der Waals surface area contributed by atoms with Crippen LogP contribution in [0.15, 0.2) is 18.2 Å². The summed E-state index contributed by atoms with van der Waals surface area (Å²) >= 11 is 0. The van der Waals surface area contributed by atoms with Crippen molar-refractivity contribution in [3.8, 4) is 11.5 Å². The highest BCUT2D eigenvalue weighted by atomic mass is 16.5. The molecule has 0 bridgehead atoms. The molecule has 1 atom stereocenters. The molecule has 1 aliphatic rings. The molecule has 1 aromatic rings. The fraction of sp³-hybridized carbons (Fsp3) is 0.625. The Morgan fingerprint density at radius 2 is 2.16 bits per heavy atom. The molecular formula is C16H25NO2. The zero-order valence-corrected chi connectivity index (χ0v) is 12.2. The monoisotopic (exact) mass is 263 g/mol. The Balaban J connectivity index is 2.01. The van der Waals surface area contributed by atoms with Crippen LogP contribution in [0.4, 0.5) is 0 Å². The molecule has 3 nitrogen and oxygen atoms in total. The van der Waals surface area contributed by atoms with E-state index >= 15 is 0 Å². The van der Waals surface area contributed by atoms with Gasteiger partial charge in [-0.2, -0.15) is 0 Å². The summed E-state index contributed by atoms with van der Waals surface area (Å²) in [6.45, 7) is 5.40. The summed E-state index contributed by atoms with van der Waals surface area (Å²) in [5, 5.41) is 13.5. The van der Waals surface area contributed by atoms with E-state index in [0.717, 1.165) is 17.9 Å². The van der Waals surface area contributed by atoms with Crippen LogP contribution in [0.25, 0.3) is 0 Å². The predicted octanol–water partition coefficient (Wildman–Crippen LogP) is 3.63. The minimum Gasteiger partial charge on any atom is -0.508 e. The summed E-state index contributed by atoms with van der Waals surface area (Å²) in [6.07, 6.45) is 5.24. The maximum atomic E-state index is 9.96. The van der Waals surface area contributed by atoms with Crippen molar-refractivity contribution in [2.75, 3.05) is 13.7 Å². The number of hydrogen-bond acceptors (Lipinski definition) is 3. The maximum absolute atomic E-state index is 9.96. The molecule has 1 aromatic carbocycles. The van der Waals surface area contributed by atoms with Crippen molar-refractivity contribution in [1.29, 1.82) is 0 Å². The number of phenolic OH excluding ortho intramolecular Hbond substituents is 1. The van der Waals surface area contributed by atoms with Gasteiger partial charge < -0.3 is 15.2 Å². The van der Waals surface area contributed by atoms with Crippen LogP contribution in [0.1, 0.15) is 51.1 Å². The Labute approximate surface area is 116 Å². The lowest BCUT2D eigenvalue weighted by molar-refractivity contribution is 0.120. The summed E-state index contributed by atoms with van der Waals surface area (Å²) in [6, 6.07) is 5.53. The maximum Gasteiger partial charge on any atom is 0.120 e. The number of hydrogen-bond donors (Lipinski definition) is 2. The lowest BCUT2D eigenvalue weighted by Gasteiger charge is -2.42. The zero-order valence-electron chi connectivity index (χ0n) is 12.2. The molecule has 0 heterocycles. The van der Waals surface area contributed by atoms with Gasteiger partial charge in [0.25, 0.3) is 0 Å². The molecule has 0 spiro atoms. The minimum absolute atomic E-state index is 0.138. The molecule has 2 N–H and O–H groups in total. The number of aromatic hydroxyl groups is 1. The van der Waals surface area contributed by atoms with Gasteiger partial charge in [-0.15, -0.1) is 0 Å². The van der Waals surface area contributed by atoms with E-state index in [-0.39, 0.29) is 6.04 Å². The van der Waals surface area contributed by atoms with Crippen LogP contribution in [0.2, 0.25) is 0 Å². The van der Waals surface area contributed by atoms with Gasteiger partial charge in [0, 0.05) is 18.2 Å². The molecular weight excluding hydrogens is 238 g/mol. The van der Waals surface area contributed by atoms with Crippen molar-refractivity contribution in [3.63, 3.8) is 0 Å². The average Bonchev–Trinajstić information content (AvgIpc) is 2.38. The summed E-state index contributed by atoms with van der Waals surface area (Å²) in [5.41, 5.74) is 1.40. The van der Waals surface area contributed by atoms with E-state index in [0.29, 0.717) is 11.2 Å². The first-order valence-corrected chi connectivity index (χ1v) is 7.20. The van der Waals surface area contributed by atoms with Gasteiger partial charge in [-0.25, -0.2) is 0 Å². The average molecular weight is 263 g/mol. The highest BCUT2D eigenvalue weighted by molar-refractivity contribution is 5.41. The molecule has 0 saturated heterocycles. The highest BCUT2D eigenvalue weighted by Crippen LogP contribution is 2.43. The van der Waals surface area contributed by atoms with Gasteiger partial charge in [0.1, 0.15) is 11.5 Å². The van der Waals surface area contributed by atoms with Crippen molar-refractivity contribution in [2.24, 2.45) is 5.41 Å². The van der Waals surface area contributed by atoms with Gasteiger partial charge in [0.05, 0.1) is 7.11 Å². The Kier molecular flexibility index (Phi) is 4.35. The molecule has 0 radical (unpaired) electrons. The SMILES string of the molecule is CCC1(CNC(C)c2cc(OC)ccc2O)CCC1. The third-order valence-electron chi connectivity index (χ3n) is 4.65. The van der Waals surface area contributed by atoms with Crippen LogP contribution >= 0.6 is 0 Å². The first kappa shape index (κ1) is 14.2. The normalized spacial score (nSPS) is 18.7. The Bertz CT molecular complexity index is 421. The molecule has 1 fully saturated rings. The van der Waals surface area contributed by atoms with E-state index < -0.39 is 0 Å². The van der Waals surface area contributed by atoms with Gasteiger partial charge in [-0.1, -0.05) is 13.3 Å². The quantitative estimate of drug-likeness (QED) is 0.823. The van der Waals surface area contributed by atoms with Crippen molar-refractivity contribution in [3.05, 3.63) is 23.8 Å². The van der Waals surface area contributed by atoms with Gasteiger partial charge >= 0.3 is 0 Å². The van der Waals surface area contributed by atoms with Crippen LogP contribution in [0, 0.1) is 5.41 Å². The van der Waals surface area contributed by atoms with E-state index in [1.54, 1.807) is 19.2 Å². The Morgan fingerprint density at radius 1 is 1.42 bits per heavy atom. The van der Waals surface area contributed by atoms with Gasteiger partial charge in [0.2, 0.25) is 0 Å². The standard InChI is InChI=1S/C16H25NO2/c1-4-16(8-5-9-16)11-17-12(2)14-10-13(19-3)6-7-15(14)18/h6-7,10,12,17-18H,4-5,8-9,11H2,1-3H3. The zero-order chi connectivity index (χ0) is 13.9. The molecule has 2 rings (SSSR count). The summed E-state index contributed by atoms with van der Waals surface area (Å²) in [7, 11) is 1.65. The van der Waals surface area contributed by atoms with E-state index in [1.165, 1.54) is 25.7 Å². The molecule has 1 aliphatic carbocycles. The highest BCUT2D eigenvalue weighted by Gasteiger charge is 2.35. The van der Waals surface area contributed by atoms with E-state index in [2.05, 4.69) is 19.2 Å². The second-order valence-electron chi connectivity index (χ2n) is 5.73. The topological polar surface area (TPSA) is 41.5 Å². The van der Waals surface area contributed by atoms with E-state index in [9.17, 15) is 5.11 Å². The van der Waals surface area contributed by atoms with Crippen LogP contribution in [-0.2, 0) is 0 Å². The molecule has 0 aromatic heterocycles. The Hall–Kier alpha value is -1.22. The van der Waals surface area contributed by atoms with Gasteiger partial charge in [0.15, 0.2) is 0 Å². The van der Waals surface area contributed by atoms with Crippen LogP contribution < -0.4 is 10.1 Å². The number of benzene rings is 1. The first-order valence-electron chi connectivity index (χ1n) is 7.20. The largest absolute Gasteiger partial charge is 0.508 e. The molecule has 3 heteroatoms. The van der Waals surface area contributed by atoms with Crippen LogP contribution in [0.5, 0.6) is 11.5 Å². The molecule has 106 valence electrons. The lowest BCUT2D eigenvalue weighted by atomic mass is 9.67. The van der Waals surface area contributed by atoms with Crippen LogP contribution in [-0.4, -0.2) is 18.8 Å². The molecule has 1 unspecified atom stereocenters. The summed E-state index contributed by atoms with van der Waals surface area (Å²) in [5.74, 6) is 1.12. The fourth-order valence-electron chi connectivity index (χ4n) is 2.82. The summed E-state index contributed by atoms with van der Waals surface area (Å²) in [4.78, 5) is 0. The van der Waals surface area contributed by atoms with Crippen molar-refractivity contribution >= 4 is 0 Å². The van der Waals surface area contributed by atoms with Gasteiger partial charge in [-0.3, -0.25) is 0 Å². The first-order chi connectivity index (χ1) is 9.10. The Morgan fingerprint density at radius 3 is 2.68 bits per heavy atom. The molecule has 19 heavy (non-hydrogen) atoms. The third kappa shape index (κ3) is 3.03. The van der Waals surface area contributed by atoms with Crippen molar-refractivity contribution in [2.45, 2.75) is 45.6 Å². The molecule has 1 saturated carbocycles. The second kappa shape index (κ2) is 5.83. The number of rotatable bonds is 6. The minimum atomic E-state index is 0.138. The number of phenols is 1. The van der Waals surface area contributed by atoms with Gasteiger partial charge in [-0.05, 0) is 49.8 Å². The molecule has 0 aliphatic heterocycles. The van der Waals surface area contributed by atoms with Crippen molar-refractivity contribution in [1.82, 2.24) is 5.32 Å². The number of ether oxygens (including phenoxy) is 1. The van der Waals surface area contributed by atoms with Crippen LogP contribution in [0.3, 0.4) is 0 Å². The van der Waals surface area contributed by atoms with E-state index in [4.69, 9.17) is 4.74 Å². The predicted molar refractivity (Wildman–Crippen MR) is 77.7 cm³/mol. The third-order valence-corrected chi connectivity index (χ3v) is 4.65. The second-order valence-corrected chi connectivity index (χ2v) is 5.73.